The number of terminal acetylenes is 1. The third kappa shape index (κ3) is 13.0. The monoisotopic (exact) mass is 304 g/mol. The Morgan fingerprint density at radius 2 is 2.14 bits per heavy atom. The number of hydrogen-bond donors (Lipinski definition) is 2. The van der Waals surface area contributed by atoms with Crippen LogP contribution < -0.4 is 0 Å². The maximum Gasteiger partial charge on any atom is 0.305 e. The fourth-order valence-corrected chi connectivity index (χ4v) is 1.43. The first-order valence-corrected chi connectivity index (χ1v) is 7.39. The van der Waals surface area contributed by atoms with E-state index in [2.05, 4.69) is 17.8 Å². The van der Waals surface area contributed by atoms with E-state index in [9.17, 15) is 15.0 Å². The molecule has 0 rings (SSSR count). The molecule has 0 aliphatic rings. The van der Waals surface area contributed by atoms with Crippen LogP contribution in [0, 0.1) is 24.2 Å². The summed E-state index contributed by atoms with van der Waals surface area (Å²) >= 11 is 0. The minimum absolute atomic E-state index is 0.238. The molecule has 0 saturated carbocycles. The van der Waals surface area contributed by atoms with Crippen molar-refractivity contribution in [2.24, 2.45) is 0 Å². The first kappa shape index (κ1) is 20.0. The molecule has 0 aromatic carbocycles. The van der Waals surface area contributed by atoms with Gasteiger partial charge in [-0.05, 0) is 25.3 Å². The van der Waals surface area contributed by atoms with Crippen LogP contribution in [0.15, 0.2) is 24.3 Å². The van der Waals surface area contributed by atoms with Gasteiger partial charge in [-0.15, -0.1) is 12.3 Å². The summed E-state index contributed by atoms with van der Waals surface area (Å²) in [4.78, 5) is 11.2. The molecule has 0 amide bonds. The van der Waals surface area contributed by atoms with Crippen LogP contribution in [-0.4, -0.2) is 35.0 Å². The normalized spacial score (nSPS) is 13.4. The van der Waals surface area contributed by atoms with Crippen LogP contribution in [-0.2, 0) is 9.53 Å². The van der Waals surface area contributed by atoms with Gasteiger partial charge >= 0.3 is 5.97 Å². The van der Waals surface area contributed by atoms with Gasteiger partial charge in [0.15, 0.2) is 0 Å². The van der Waals surface area contributed by atoms with Crippen molar-refractivity contribution < 1.29 is 19.7 Å². The molecule has 4 nitrogen and oxygen atoms in total. The molecule has 0 aliphatic heterocycles. The van der Waals surface area contributed by atoms with Crippen LogP contribution in [0.4, 0.5) is 0 Å². The Bertz CT molecular complexity index is 460. The van der Waals surface area contributed by atoms with Gasteiger partial charge in [0, 0.05) is 12.8 Å². The summed E-state index contributed by atoms with van der Waals surface area (Å²) in [6, 6.07) is 0. The second kappa shape index (κ2) is 13.9. The SMILES string of the molecule is C#CC[C@@H](O)/C=C/C=C/C#C[C@@H](O)CCCC(=O)OCCC. The number of carbonyl (C=O) groups excluding carboxylic acids is 1. The number of esters is 1. The van der Waals surface area contributed by atoms with Gasteiger partial charge in [0.25, 0.3) is 0 Å². The molecule has 4 heteroatoms. The van der Waals surface area contributed by atoms with Crippen molar-refractivity contribution in [3.63, 3.8) is 0 Å². The lowest BCUT2D eigenvalue weighted by molar-refractivity contribution is -0.143. The van der Waals surface area contributed by atoms with Crippen LogP contribution in [0.3, 0.4) is 0 Å². The molecule has 2 N–H and O–H groups in total. The molecule has 120 valence electrons. The van der Waals surface area contributed by atoms with Gasteiger partial charge < -0.3 is 14.9 Å². The number of aliphatic hydroxyl groups excluding tert-OH is 2. The zero-order valence-electron chi connectivity index (χ0n) is 13.0. The average molecular weight is 304 g/mol. The fraction of sp³-hybridized carbons (Fsp3) is 0.500. The highest BCUT2D eigenvalue weighted by Gasteiger charge is 2.04. The predicted octanol–water partition coefficient (Wildman–Crippen LogP) is 1.97. The summed E-state index contributed by atoms with van der Waals surface area (Å²) in [6.07, 6.45) is 12.4. The fourth-order valence-electron chi connectivity index (χ4n) is 1.43. The Morgan fingerprint density at radius 3 is 2.82 bits per heavy atom. The molecule has 0 fully saturated rings. The van der Waals surface area contributed by atoms with Crippen molar-refractivity contribution in [2.45, 2.75) is 51.2 Å². The average Bonchev–Trinajstić information content (AvgIpc) is 2.49. The molecule has 0 spiro atoms. The Kier molecular flexibility index (Phi) is 12.7. The molecule has 0 bridgehead atoms. The van der Waals surface area contributed by atoms with Crippen LogP contribution in [0.5, 0.6) is 0 Å². The van der Waals surface area contributed by atoms with E-state index in [0.29, 0.717) is 25.9 Å². The van der Waals surface area contributed by atoms with Gasteiger partial charge in [-0.1, -0.05) is 37.0 Å². The maximum absolute atomic E-state index is 11.2. The molecule has 0 unspecified atom stereocenters. The highest BCUT2D eigenvalue weighted by molar-refractivity contribution is 5.69. The van der Waals surface area contributed by atoms with E-state index >= 15 is 0 Å². The van der Waals surface area contributed by atoms with Crippen molar-refractivity contribution in [1.29, 1.82) is 0 Å². The van der Waals surface area contributed by atoms with E-state index in [1.807, 2.05) is 6.92 Å². The summed E-state index contributed by atoms with van der Waals surface area (Å²) in [7, 11) is 0. The van der Waals surface area contributed by atoms with Gasteiger partial charge in [-0.25, -0.2) is 0 Å². The number of carbonyl (C=O) groups is 1. The molecule has 0 aliphatic carbocycles. The third-order valence-corrected chi connectivity index (χ3v) is 2.53. The van der Waals surface area contributed by atoms with Crippen LogP contribution in [0.2, 0.25) is 0 Å². The second-order valence-electron chi connectivity index (χ2n) is 4.64. The zero-order chi connectivity index (χ0) is 16.6. The van der Waals surface area contributed by atoms with E-state index in [1.54, 1.807) is 24.3 Å². The lowest BCUT2D eigenvalue weighted by Crippen LogP contribution is -2.08. The van der Waals surface area contributed by atoms with Crippen LogP contribution >= 0.6 is 0 Å². The van der Waals surface area contributed by atoms with Gasteiger partial charge in [-0.3, -0.25) is 4.79 Å². The first-order chi connectivity index (χ1) is 10.6. The Labute approximate surface area is 132 Å². The molecule has 0 aromatic rings. The van der Waals surface area contributed by atoms with Gasteiger partial charge in [0.2, 0.25) is 0 Å². The number of ether oxygens (including phenoxy) is 1. The van der Waals surface area contributed by atoms with Crippen molar-refractivity contribution in [3.05, 3.63) is 24.3 Å². The quantitative estimate of drug-likeness (QED) is 0.388. The Hall–Kier alpha value is -2.01. The number of hydrogen-bond acceptors (Lipinski definition) is 4. The summed E-state index contributed by atoms with van der Waals surface area (Å²) in [5.41, 5.74) is 0. The van der Waals surface area contributed by atoms with E-state index in [1.165, 1.54) is 0 Å². The molecular formula is C18H24O4. The first-order valence-electron chi connectivity index (χ1n) is 7.39. The molecule has 0 radical (unpaired) electrons. The maximum atomic E-state index is 11.2. The Balaban J connectivity index is 3.87. The standard InChI is InChI=1S/C18H24O4/c1-3-10-16(19)11-7-5-6-8-12-17(20)13-9-14-18(21)22-15-4-2/h1,5-7,11,16-17,19-20H,4,9-10,13-15H2,2H3/b6-5+,11-7+/t16-,17-/m1/s1. The van der Waals surface area contributed by atoms with Gasteiger partial charge in [0.05, 0.1) is 12.7 Å². The summed E-state index contributed by atoms with van der Waals surface area (Å²) in [5, 5.41) is 18.9. The summed E-state index contributed by atoms with van der Waals surface area (Å²) < 4.78 is 4.93. The highest BCUT2D eigenvalue weighted by atomic mass is 16.5. The minimum Gasteiger partial charge on any atom is -0.466 e. The molecule has 22 heavy (non-hydrogen) atoms. The van der Waals surface area contributed by atoms with E-state index in [4.69, 9.17) is 11.2 Å². The lowest BCUT2D eigenvalue weighted by Gasteiger charge is -2.04. The minimum atomic E-state index is -0.764. The number of aliphatic hydroxyl groups is 2. The summed E-state index contributed by atoms with van der Waals surface area (Å²) in [6.45, 7) is 2.38. The Morgan fingerprint density at radius 1 is 1.36 bits per heavy atom. The van der Waals surface area contributed by atoms with Gasteiger partial charge in [0.1, 0.15) is 6.10 Å². The zero-order valence-corrected chi connectivity index (χ0v) is 13.0. The van der Waals surface area contributed by atoms with E-state index in [-0.39, 0.29) is 12.4 Å². The van der Waals surface area contributed by atoms with Crippen molar-refractivity contribution in [2.75, 3.05) is 6.61 Å². The number of allylic oxidation sites excluding steroid dienone is 3. The molecular weight excluding hydrogens is 280 g/mol. The molecule has 0 aromatic heterocycles. The predicted molar refractivity (Wildman–Crippen MR) is 86.6 cm³/mol. The van der Waals surface area contributed by atoms with Crippen molar-refractivity contribution in [1.82, 2.24) is 0 Å². The van der Waals surface area contributed by atoms with Crippen molar-refractivity contribution in [3.8, 4) is 24.2 Å². The van der Waals surface area contributed by atoms with Crippen molar-refractivity contribution >= 4 is 5.97 Å². The smallest absolute Gasteiger partial charge is 0.305 e. The lowest BCUT2D eigenvalue weighted by atomic mass is 10.1. The largest absolute Gasteiger partial charge is 0.466 e. The molecule has 0 heterocycles. The molecule has 0 saturated heterocycles. The summed E-state index contributed by atoms with van der Waals surface area (Å²) in [5.74, 6) is 7.46. The molecule has 2 atom stereocenters. The van der Waals surface area contributed by atoms with Crippen LogP contribution in [0.25, 0.3) is 0 Å². The van der Waals surface area contributed by atoms with E-state index < -0.39 is 12.2 Å². The number of rotatable bonds is 9. The third-order valence-electron chi connectivity index (χ3n) is 2.53. The topological polar surface area (TPSA) is 66.8 Å². The van der Waals surface area contributed by atoms with E-state index in [0.717, 1.165) is 6.42 Å². The second-order valence-corrected chi connectivity index (χ2v) is 4.64. The van der Waals surface area contributed by atoms with Crippen LogP contribution in [0.1, 0.15) is 39.0 Å². The highest BCUT2D eigenvalue weighted by Crippen LogP contribution is 2.02. The van der Waals surface area contributed by atoms with Gasteiger partial charge in [-0.2, -0.15) is 0 Å².